The maximum absolute atomic E-state index is 12.8. The molecule has 178 valence electrons. The molecule has 3 aliphatic rings. The summed E-state index contributed by atoms with van der Waals surface area (Å²) < 4.78 is 5.62. The average Bonchev–Trinajstić information content (AvgIpc) is 3.76. The second-order valence-corrected chi connectivity index (χ2v) is 9.80. The summed E-state index contributed by atoms with van der Waals surface area (Å²) in [4.78, 5) is 38.2. The summed E-state index contributed by atoms with van der Waals surface area (Å²) >= 11 is 0. The van der Waals surface area contributed by atoms with Crippen molar-refractivity contribution in [2.75, 3.05) is 20.2 Å². The van der Waals surface area contributed by atoms with Crippen LogP contribution in [0.25, 0.3) is 11.1 Å². The maximum Gasteiger partial charge on any atom is 0.407 e. The maximum atomic E-state index is 12.8. The lowest BCUT2D eigenvalue weighted by Gasteiger charge is -2.27. The zero-order valence-electron chi connectivity index (χ0n) is 19.3. The van der Waals surface area contributed by atoms with Crippen LogP contribution in [0.4, 0.5) is 4.79 Å². The van der Waals surface area contributed by atoms with Gasteiger partial charge in [0.15, 0.2) is 0 Å². The van der Waals surface area contributed by atoms with Gasteiger partial charge >= 0.3 is 12.1 Å². The van der Waals surface area contributed by atoms with Crippen molar-refractivity contribution >= 4 is 18.0 Å². The molecule has 0 spiro atoms. The van der Waals surface area contributed by atoms with E-state index in [1.54, 1.807) is 7.05 Å². The van der Waals surface area contributed by atoms with E-state index >= 15 is 0 Å². The molecule has 2 N–H and O–H groups in total. The Morgan fingerprint density at radius 1 is 1.06 bits per heavy atom. The molecular formula is C27H30N2O5. The smallest absolute Gasteiger partial charge is 0.407 e. The van der Waals surface area contributed by atoms with Crippen LogP contribution in [-0.4, -0.2) is 53.7 Å². The van der Waals surface area contributed by atoms with Crippen LogP contribution in [0.3, 0.4) is 0 Å². The normalized spacial score (nSPS) is 18.4. The SMILES string of the molecule is CN(C(=O)CC(CNC(=O)OCC1c2ccccc2-c2ccccc21)C1CC1)C1(C(=O)O)CC1. The van der Waals surface area contributed by atoms with Crippen LogP contribution < -0.4 is 5.32 Å². The van der Waals surface area contributed by atoms with E-state index in [0.29, 0.717) is 25.3 Å². The monoisotopic (exact) mass is 462 g/mol. The van der Waals surface area contributed by atoms with Crippen molar-refractivity contribution in [2.45, 2.75) is 43.6 Å². The van der Waals surface area contributed by atoms with Gasteiger partial charge in [0.2, 0.25) is 5.91 Å². The second-order valence-electron chi connectivity index (χ2n) is 9.80. The Kier molecular flexibility index (Phi) is 5.80. The fraction of sp³-hybridized carbons (Fsp3) is 0.444. The van der Waals surface area contributed by atoms with Gasteiger partial charge in [-0.2, -0.15) is 0 Å². The van der Waals surface area contributed by atoms with Crippen molar-refractivity contribution in [3.8, 4) is 11.1 Å². The predicted octanol–water partition coefficient (Wildman–Crippen LogP) is 4.02. The standard InChI is InChI=1S/C27H30N2O5/c1-29(27(12-13-27)25(31)32)24(30)14-18(17-10-11-17)15-28-26(33)34-16-23-21-8-4-2-6-19(21)20-7-3-5-9-22(20)23/h2-9,17-18,23H,10-16H2,1H3,(H,28,33)(H,31,32). The first-order valence-electron chi connectivity index (χ1n) is 12.0. The first-order chi connectivity index (χ1) is 16.4. The van der Waals surface area contributed by atoms with Crippen LogP contribution in [0.5, 0.6) is 0 Å². The van der Waals surface area contributed by atoms with Crippen molar-refractivity contribution in [1.82, 2.24) is 10.2 Å². The number of carbonyl (C=O) groups excluding carboxylic acids is 2. The van der Waals surface area contributed by atoms with E-state index in [1.165, 1.54) is 16.0 Å². The number of alkyl carbamates (subject to hydrolysis) is 1. The van der Waals surface area contributed by atoms with Crippen LogP contribution in [-0.2, 0) is 14.3 Å². The van der Waals surface area contributed by atoms with Gasteiger partial charge in [0.05, 0.1) is 0 Å². The lowest BCUT2D eigenvalue weighted by Crippen LogP contribution is -2.45. The number of aliphatic carboxylic acids is 1. The Balaban J connectivity index is 1.16. The molecule has 2 aromatic carbocycles. The first-order valence-corrected chi connectivity index (χ1v) is 12.0. The van der Waals surface area contributed by atoms with E-state index in [2.05, 4.69) is 29.6 Å². The summed E-state index contributed by atoms with van der Waals surface area (Å²) in [5.41, 5.74) is 3.64. The molecule has 2 aromatic rings. The Morgan fingerprint density at radius 3 is 2.18 bits per heavy atom. The number of carboxylic acids is 1. The number of rotatable bonds is 9. The van der Waals surface area contributed by atoms with E-state index in [9.17, 15) is 19.5 Å². The average molecular weight is 463 g/mol. The van der Waals surface area contributed by atoms with Gasteiger partial charge in [0.25, 0.3) is 0 Å². The van der Waals surface area contributed by atoms with E-state index < -0.39 is 17.6 Å². The lowest BCUT2D eigenvalue weighted by atomic mass is 9.98. The predicted molar refractivity (Wildman–Crippen MR) is 126 cm³/mol. The van der Waals surface area contributed by atoms with Gasteiger partial charge < -0.3 is 20.1 Å². The van der Waals surface area contributed by atoms with Gasteiger partial charge in [-0.15, -0.1) is 0 Å². The third kappa shape index (κ3) is 4.15. The number of amides is 2. The first kappa shape index (κ1) is 22.4. The Labute approximate surface area is 199 Å². The van der Waals surface area contributed by atoms with Gasteiger partial charge in [0, 0.05) is 25.9 Å². The molecule has 0 radical (unpaired) electrons. The molecule has 0 saturated heterocycles. The van der Waals surface area contributed by atoms with Crippen molar-refractivity contribution < 1.29 is 24.2 Å². The number of hydrogen-bond donors (Lipinski definition) is 2. The zero-order valence-corrected chi connectivity index (χ0v) is 19.3. The zero-order chi connectivity index (χ0) is 23.9. The van der Waals surface area contributed by atoms with Gasteiger partial charge in [-0.25, -0.2) is 9.59 Å². The number of benzene rings is 2. The van der Waals surface area contributed by atoms with Gasteiger partial charge in [-0.3, -0.25) is 4.79 Å². The van der Waals surface area contributed by atoms with Crippen molar-refractivity contribution in [3.05, 3.63) is 59.7 Å². The fourth-order valence-electron chi connectivity index (χ4n) is 5.25. The van der Waals surface area contributed by atoms with Crippen LogP contribution in [0.1, 0.15) is 49.1 Å². The fourth-order valence-corrected chi connectivity index (χ4v) is 5.25. The van der Waals surface area contributed by atoms with Crippen LogP contribution in [0.15, 0.2) is 48.5 Å². The van der Waals surface area contributed by atoms with Crippen LogP contribution in [0, 0.1) is 11.8 Å². The Bertz CT molecular complexity index is 1080. The van der Waals surface area contributed by atoms with E-state index in [-0.39, 0.29) is 30.8 Å². The molecule has 7 heteroatoms. The molecule has 1 atom stereocenters. The third-order valence-corrected chi connectivity index (χ3v) is 7.72. The minimum atomic E-state index is -1.04. The summed E-state index contributed by atoms with van der Waals surface area (Å²) in [6.45, 7) is 0.595. The molecule has 0 aromatic heterocycles. The molecule has 3 aliphatic carbocycles. The highest BCUT2D eigenvalue weighted by molar-refractivity contribution is 5.89. The molecule has 2 amide bonds. The molecule has 2 saturated carbocycles. The number of hydrogen-bond acceptors (Lipinski definition) is 4. The highest BCUT2D eigenvalue weighted by atomic mass is 16.5. The van der Waals surface area contributed by atoms with E-state index in [1.807, 2.05) is 24.3 Å². The van der Waals surface area contributed by atoms with Crippen molar-refractivity contribution in [3.63, 3.8) is 0 Å². The summed E-state index contributed by atoms with van der Waals surface area (Å²) in [5.74, 6) is -0.751. The van der Waals surface area contributed by atoms with E-state index in [0.717, 1.165) is 24.0 Å². The number of nitrogens with one attached hydrogen (secondary N) is 1. The number of carboxylic acid groups (broad SMARTS) is 1. The Morgan fingerprint density at radius 2 is 1.65 bits per heavy atom. The third-order valence-electron chi connectivity index (χ3n) is 7.72. The molecule has 34 heavy (non-hydrogen) atoms. The largest absolute Gasteiger partial charge is 0.479 e. The van der Waals surface area contributed by atoms with E-state index in [4.69, 9.17) is 4.74 Å². The van der Waals surface area contributed by atoms with Crippen molar-refractivity contribution in [1.29, 1.82) is 0 Å². The minimum absolute atomic E-state index is 0.00152. The number of fused-ring (bicyclic) bond motifs is 3. The van der Waals surface area contributed by atoms with Crippen molar-refractivity contribution in [2.24, 2.45) is 11.8 Å². The minimum Gasteiger partial charge on any atom is -0.479 e. The summed E-state index contributed by atoms with van der Waals surface area (Å²) in [6.07, 6.45) is 2.79. The molecule has 0 aliphatic heterocycles. The highest BCUT2D eigenvalue weighted by Gasteiger charge is 2.55. The lowest BCUT2D eigenvalue weighted by molar-refractivity contribution is -0.151. The number of likely N-dealkylation sites (N-methyl/N-ethyl adjacent to an activating group) is 1. The summed E-state index contributed by atoms with van der Waals surface area (Å²) in [7, 11) is 1.58. The molecular weight excluding hydrogens is 432 g/mol. The van der Waals surface area contributed by atoms with Gasteiger partial charge in [0.1, 0.15) is 12.1 Å². The van der Waals surface area contributed by atoms with Crippen LogP contribution >= 0.6 is 0 Å². The molecule has 5 rings (SSSR count). The molecule has 0 bridgehead atoms. The van der Waals surface area contributed by atoms with Gasteiger partial charge in [-0.05, 0) is 59.8 Å². The van der Waals surface area contributed by atoms with Gasteiger partial charge in [-0.1, -0.05) is 48.5 Å². The Hall–Kier alpha value is -3.35. The molecule has 2 fully saturated rings. The summed E-state index contributed by atoms with van der Waals surface area (Å²) in [6, 6.07) is 16.4. The second kappa shape index (κ2) is 8.78. The molecule has 7 nitrogen and oxygen atoms in total. The van der Waals surface area contributed by atoms with Crippen LogP contribution in [0.2, 0.25) is 0 Å². The highest BCUT2D eigenvalue weighted by Crippen LogP contribution is 2.45. The quantitative estimate of drug-likeness (QED) is 0.587. The topological polar surface area (TPSA) is 95.9 Å². The number of ether oxygens (including phenoxy) is 1. The summed E-state index contributed by atoms with van der Waals surface area (Å²) in [5, 5.41) is 12.3. The number of nitrogens with zero attached hydrogens (tertiary/aromatic N) is 1. The number of carbonyl (C=O) groups is 3. The molecule has 1 unspecified atom stereocenters. The molecule has 0 heterocycles.